The first-order valence-corrected chi connectivity index (χ1v) is 4.75. The number of carboxylic acids is 1. The minimum atomic E-state index is -1.17. The highest BCUT2D eigenvalue weighted by Crippen LogP contribution is 2.33. The van der Waals surface area contributed by atoms with Gasteiger partial charge in [0, 0.05) is 12.5 Å². The molecule has 0 saturated carbocycles. The maximum Gasteiger partial charge on any atom is 0.311 e. The Bertz CT molecular complexity index is 482. The minimum absolute atomic E-state index is 0.0213. The number of benzene rings is 1. The van der Waals surface area contributed by atoms with Gasteiger partial charge in [0.2, 0.25) is 0 Å². The predicted molar refractivity (Wildman–Crippen MR) is 50.3 cm³/mol. The summed E-state index contributed by atoms with van der Waals surface area (Å²) in [6.07, 6.45) is 0.0661. The SMILES string of the molecule is O=C1CCC(C(=O)O)c2cc(F)cc(F)c21. The number of Topliss-reactive ketones (excluding diaryl/α,β-unsaturated/α-hetero) is 1. The van der Waals surface area contributed by atoms with Crippen LogP contribution in [0.1, 0.15) is 34.7 Å². The smallest absolute Gasteiger partial charge is 0.311 e. The number of carbonyl (C=O) groups is 2. The summed E-state index contributed by atoms with van der Waals surface area (Å²) in [4.78, 5) is 22.3. The van der Waals surface area contributed by atoms with Crippen molar-refractivity contribution in [3.05, 3.63) is 34.9 Å². The van der Waals surface area contributed by atoms with Crippen LogP contribution in [0.3, 0.4) is 0 Å². The molecule has 0 bridgehead atoms. The second kappa shape index (κ2) is 3.66. The zero-order chi connectivity index (χ0) is 11.9. The second-order valence-corrected chi connectivity index (χ2v) is 3.70. The summed E-state index contributed by atoms with van der Waals surface area (Å²) >= 11 is 0. The Morgan fingerprint density at radius 1 is 1.38 bits per heavy atom. The van der Waals surface area contributed by atoms with Crippen LogP contribution in [0.25, 0.3) is 0 Å². The maximum absolute atomic E-state index is 13.4. The molecule has 0 aromatic heterocycles. The molecule has 0 aliphatic heterocycles. The van der Waals surface area contributed by atoms with Crippen molar-refractivity contribution in [1.29, 1.82) is 0 Å². The van der Waals surface area contributed by atoms with E-state index in [9.17, 15) is 18.4 Å². The quantitative estimate of drug-likeness (QED) is 0.797. The summed E-state index contributed by atoms with van der Waals surface area (Å²) in [7, 11) is 0. The number of carboxylic acid groups (broad SMARTS) is 1. The van der Waals surface area contributed by atoms with E-state index in [0.29, 0.717) is 6.07 Å². The lowest BCUT2D eigenvalue weighted by atomic mass is 9.82. The monoisotopic (exact) mass is 226 g/mol. The van der Waals surface area contributed by atoms with E-state index in [0.717, 1.165) is 6.07 Å². The molecule has 3 nitrogen and oxygen atoms in total. The Morgan fingerprint density at radius 2 is 2.06 bits per heavy atom. The van der Waals surface area contributed by atoms with Gasteiger partial charge in [-0.05, 0) is 18.1 Å². The lowest BCUT2D eigenvalue weighted by Crippen LogP contribution is -2.23. The fourth-order valence-corrected chi connectivity index (χ4v) is 1.97. The first-order valence-electron chi connectivity index (χ1n) is 4.75. The molecule has 1 aliphatic carbocycles. The second-order valence-electron chi connectivity index (χ2n) is 3.70. The van der Waals surface area contributed by atoms with Gasteiger partial charge in [-0.15, -0.1) is 0 Å². The van der Waals surface area contributed by atoms with Gasteiger partial charge in [0.25, 0.3) is 0 Å². The zero-order valence-corrected chi connectivity index (χ0v) is 8.17. The topological polar surface area (TPSA) is 54.4 Å². The largest absolute Gasteiger partial charge is 0.481 e. The molecule has 0 heterocycles. The summed E-state index contributed by atoms with van der Waals surface area (Å²) in [5, 5.41) is 8.90. The van der Waals surface area contributed by atoms with Crippen molar-refractivity contribution >= 4 is 11.8 Å². The summed E-state index contributed by atoms with van der Waals surface area (Å²) < 4.78 is 26.3. The van der Waals surface area contributed by atoms with Gasteiger partial charge in [0.05, 0.1) is 11.5 Å². The number of rotatable bonds is 1. The van der Waals surface area contributed by atoms with E-state index >= 15 is 0 Å². The number of carbonyl (C=O) groups excluding carboxylic acids is 1. The fourth-order valence-electron chi connectivity index (χ4n) is 1.97. The van der Waals surface area contributed by atoms with Crippen LogP contribution < -0.4 is 0 Å². The van der Waals surface area contributed by atoms with Crippen molar-refractivity contribution < 1.29 is 23.5 Å². The van der Waals surface area contributed by atoms with Crippen LogP contribution in [0.4, 0.5) is 8.78 Å². The Morgan fingerprint density at radius 3 is 2.69 bits per heavy atom. The van der Waals surface area contributed by atoms with Gasteiger partial charge in [-0.3, -0.25) is 9.59 Å². The molecule has 1 aliphatic rings. The molecule has 0 saturated heterocycles. The van der Waals surface area contributed by atoms with Gasteiger partial charge in [0.1, 0.15) is 11.6 Å². The Kier molecular flexibility index (Phi) is 2.46. The minimum Gasteiger partial charge on any atom is -0.481 e. The number of hydrogen-bond acceptors (Lipinski definition) is 2. The molecular weight excluding hydrogens is 218 g/mol. The standard InChI is InChI=1S/C11H8F2O3/c12-5-3-7-6(11(15)16)1-2-9(14)10(7)8(13)4-5/h3-4,6H,1-2H2,(H,15,16). The highest BCUT2D eigenvalue weighted by atomic mass is 19.1. The number of halogens is 2. The van der Waals surface area contributed by atoms with Crippen LogP contribution in [-0.4, -0.2) is 16.9 Å². The van der Waals surface area contributed by atoms with E-state index < -0.39 is 29.3 Å². The lowest BCUT2D eigenvalue weighted by molar-refractivity contribution is -0.139. The lowest BCUT2D eigenvalue weighted by Gasteiger charge is -2.21. The van der Waals surface area contributed by atoms with Gasteiger partial charge >= 0.3 is 5.97 Å². The molecule has 16 heavy (non-hydrogen) atoms. The summed E-state index contributed by atoms with van der Waals surface area (Å²) in [5.41, 5.74) is -0.332. The van der Waals surface area contributed by atoms with Gasteiger partial charge in [-0.2, -0.15) is 0 Å². The average molecular weight is 226 g/mol. The average Bonchev–Trinajstić information content (AvgIpc) is 2.15. The van der Waals surface area contributed by atoms with Gasteiger partial charge < -0.3 is 5.11 Å². The molecule has 2 rings (SSSR count). The third kappa shape index (κ3) is 1.58. The molecule has 0 radical (unpaired) electrons. The first-order chi connectivity index (χ1) is 7.50. The molecular formula is C11H8F2O3. The van der Waals surface area contributed by atoms with E-state index in [4.69, 9.17) is 5.11 Å². The van der Waals surface area contributed by atoms with E-state index in [-0.39, 0.29) is 24.0 Å². The molecule has 1 aromatic rings. The Balaban J connectivity index is 2.65. The number of aliphatic carboxylic acids is 1. The molecule has 1 atom stereocenters. The van der Waals surface area contributed by atoms with Crippen molar-refractivity contribution in [2.45, 2.75) is 18.8 Å². The molecule has 5 heteroatoms. The Labute approximate surface area is 89.7 Å². The van der Waals surface area contributed by atoms with Crippen LogP contribution in [0.5, 0.6) is 0 Å². The number of ketones is 1. The molecule has 0 spiro atoms. The van der Waals surface area contributed by atoms with E-state index in [1.54, 1.807) is 0 Å². The van der Waals surface area contributed by atoms with Crippen molar-refractivity contribution in [3.8, 4) is 0 Å². The van der Waals surface area contributed by atoms with Crippen LogP contribution >= 0.6 is 0 Å². The first kappa shape index (κ1) is 10.7. The molecule has 84 valence electrons. The van der Waals surface area contributed by atoms with Crippen LogP contribution in [0, 0.1) is 11.6 Å². The highest BCUT2D eigenvalue weighted by Gasteiger charge is 2.33. The highest BCUT2D eigenvalue weighted by molar-refractivity contribution is 6.01. The van der Waals surface area contributed by atoms with Crippen molar-refractivity contribution in [2.24, 2.45) is 0 Å². The molecule has 1 aromatic carbocycles. The summed E-state index contributed by atoms with van der Waals surface area (Å²) in [5.74, 6) is -4.48. The van der Waals surface area contributed by atoms with Crippen molar-refractivity contribution in [3.63, 3.8) is 0 Å². The third-order valence-electron chi connectivity index (χ3n) is 2.70. The molecule has 1 unspecified atom stereocenters. The van der Waals surface area contributed by atoms with E-state index in [2.05, 4.69) is 0 Å². The molecule has 0 fully saturated rings. The van der Waals surface area contributed by atoms with Crippen LogP contribution in [0.2, 0.25) is 0 Å². The molecule has 1 N–H and O–H groups in total. The van der Waals surface area contributed by atoms with E-state index in [1.165, 1.54) is 0 Å². The zero-order valence-electron chi connectivity index (χ0n) is 8.17. The Hall–Kier alpha value is -1.78. The normalized spacial score (nSPS) is 19.4. The molecule has 0 amide bonds. The fraction of sp³-hybridized carbons (Fsp3) is 0.273. The maximum atomic E-state index is 13.4. The van der Waals surface area contributed by atoms with Crippen molar-refractivity contribution in [1.82, 2.24) is 0 Å². The third-order valence-corrected chi connectivity index (χ3v) is 2.70. The summed E-state index contributed by atoms with van der Waals surface area (Å²) in [6.45, 7) is 0. The number of fused-ring (bicyclic) bond motifs is 1. The van der Waals surface area contributed by atoms with E-state index in [1.807, 2.05) is 0 Å². The summed E-state index contributed by atoms with van der Waals surface area (Å²) in [6, 6.07) is 1.52. The van der Waals surface area contributed by atoms with Gasteiger partial charge in [-0.1, -0.05) is 0 Å². The van der Waals surface area contributed by atoms with Crippen LogP contribution in [-0.2, 0) is 4.79 Å². The predicted octanol–water partition coefficient (Wildman–Crippen LogP) is 2.11. The number of hydrogen-bond donors (Lipinski definition) is 1. The van der Waals surface area contributed by atoms with Gasteiger partial charge in [-0.25, -0.2) is 8.78 Å². The van der Waals surface area contributed by atoms with Gasteiger partial charge in [0.15, 0.2) is 5.78 Å². The van der Waals surface area contributed by atoms with Crippen LogP contribution in [0.15, 0.2) is 12.1 Å². The van der Waals surface area contributed by atoms with Crippen molar-refractivity contribution in [2.75, 3.05) is 0 Å².